The molecule has 0 aliphatic carbocycles. The van der Waals surface area contributed by atoms with Gasteiger partial charge in [0.2, 0.25) is 11.8 Å². The largest absolute Gasteiger partial charge is 0.417 e. The fourth-order valence-electron chi connectivity index (χ4n) is 3.59. The van der Waals surface area contributed by atoms with Crippen LogP contribution in [0.4, 0.5) is 0 Å². The Hall–Kier alpha value is -2.57. The molecule has 0 saturated heterocycles. The minimum absolute atomic E-state index is 0.101. The van der Waals surface area contributed by atoms with Gasteiger partial charge in [0.25, 0.3) is 0 Å². The molecule has 0 spiro atoms. The molecular formula is C25H32N3O4P. The van der Waals surface area contributed by atoms with E-state index < -0.39 is 7.60 Å². The summed E-state index contributed by atoms with van der Waals surface area (Å²) in [6, 6.07) is 16.3. The molecule has 176 valence electrons. The van der Waals surface area contributed by atoms with E-state index in [0.29, 0.717) is 31.3 Å². The van der Waals surface area contributed by atoms with Gasteiger partial charge < -0.3 is 19.5 Å². The van der Waals surface area contributed by atoms with Crippen LogP contribution in [-0.4, -0.2) is 32.7 Å². The molecule has 1 heterocycles. The Labute approximate surface area is 195 Å². The normalized spacial score (nSPS) is 12.3. The van der Waals surface area contributed by atoms with Crippen molar-refractivity contribution in [1.29, 1.82) is 0 Å². The Bertz CT molecular complexity index is 1110. The van der Waals surface area contributed by atoms with Crippen LogP contribution in [0.25, 0.3) is 23.1 Å². The first kappa shape index (κ1) is 25.1. The van der Waals surface area contributed by atoms with Crippen LogP contribution in [-0.2, 0) is 11.1 Å². The minimum Gasteiger partial charge on any atom is -0.417 e. The van der Waals surface area contributed by atoms with Crippen LogP contribution < -0.4 is 5.32 Å². The topological polar surface area (TPSA) is 108 Å². The molecule has 1 aromatic heterocycles. The monoisotopic (exact) mass is 469 g/mol. The van der Waals surface area contributed by atoms with Crippen LogP contribution in [0.2, 0.25) is 0 Å². The number of rotatable bonds is 12. The van der Waals surface area contributed by atoms with E-state index >= 15 is 0 Å². The number of hydrogen-bond acceptors (Lipinski definition) is 5. The van der Waals surface area contributed by atoms with Crippen LogP contribution in [0.15, 0.2) is 52.9 Å². The highest BCUT2D eigenvalue weighted by molar-refractivity contribution is 7.51. The number of unbranched alkanes of at least 4 members (excludes halogenated alkanes) is 1. The number of nitrogens with one attached hydrogen (secondary N) is 1. The van der Waals surface area contributed by atoms with Crippen molar-refractivity contribution in [3.05, 3.63) is 71.1 Å². The first-order chi connectivity index (χ1) is 15.9. The lowest BCUT2D eigenvalue weighted by Crippen LogP contribution is -2.15. The molecule has 0 aliphatic rings. The van der Waals surface area contributed by atoms with Crippen molar-refractivity contribution in [1.82, 2.24) is 15.5 Å². The van der Waals surface area contributed by atoms with Crippen LogP contribution in [0.5, 0.6) is 0 Å². The van der Waals surface area contributed by atoms with Crippen molar-refractivity contribution in [2.45, 2.75) is 46.1 Å². The van der Waals surface area contributed by atoms with Crippen molar-refractivity contribution in [3.63, 3.8) is 0 Å². The maximum absolute atomic E-state index is 10.9. The molecule has 8 heteroatoms. The molecule has 2 aromatic carbocycles. The van der Waals surface area contributed by atoms with Crippen LogP contribution in [0, 0.1) is 6.92 Å². The number of allylic oxidation sites excluding steroid dienone is 1. The lowest BCUT2D eigenvalue weighted by Gasteiger charge is -2.08. The van der Waals surface area contributed by atoms with Gasteiger partial charge in [-0.1, -0.05) is 55.8 Å². The molecule has 33 heavy (non-hydrogen) atoms. The van der Waals surface area contributed by atoms with Crippen LogP contribution in [0.3, 0.4) is 0 Å². The van der Waals surface area contributed by atoms with Gasteiger partial charge in [-0.2, -0.15) is 0 Å². The van der Waals surface area contributed by atoms with Crippen molar-refractivity contribution >= 4 is 19.2 Å². The fraction of sp³-hybridized carbons (Fsp3) is 0.360. The minimum atomic E-state index is -3.92. The summed E-state index contributed by atoms with van der Waals surface area (Å²) in [5.41, 5.74) is 5.35. The van der Waals surface area contributed by atoms with Gasteiger partial charge in [0, 0.05) is 18.2 Å². The molecule has 0 fully saturated rings. The summed E-state index contributed by atoms with van der Waals surface area (Å²) in [5.74, 6) is 0.984. The lowest BCUT2D eigenvalue weighted by atomic mass is 10.00. The van der Waals surface area contributed by atoms with E-state index in [2.05, 4.69) is 40.6 Å². The summed E-state index contributed by atoms with van der Waals surface area (Å²) in [6.07, 6.45) is 5.47. The zero-order valence-electron chi connectivity index (χ0n) is 19.2. The quantitative estimate of drug-likeness (QED) is 0.240. The first-order valence-electron chi connectivity index (χ1n) is 11.3. The number of aryl methyl sites for hydroxylation is 1. The maximum atomic E-state index is 10.9. The highest BCUT2D eigenvalue weighted by Gasteiger charge is 2.13. The van der Waals surface area contributed by atoms with Crippen LogP contribution >= 0.6 is 7.60 Å². The second kappa shape index (κ2) is 12.1. The molecule has 0 atom stereocenters. The van der Waals surface area contributed by atoms with E-state index in [9.17, 15) is 4.57 Å². The summed E-state index contributed by atoms with van der Waals surface area (Å²) < 4.78 is 16.9. The Morgan fingerprint density at radius 1 is 1.12 bits per heavy atom. The third-order valence-electron chi connectivity index (χ3n) is 5.34. The molecule has 0 unspecified atom stereocenters. The highest BCUT2D eigenvalue weighted by atomic mass is 31.2. The first-order valence-corrected chi connectivity index (χ1v) is 13.1. The molecular weight excluding hydrogens is 437 g/mol. The Balaban J connectivity index is 1.67. The number of hydrogen-bond donors (Lipinski definition) is 3. The number of aromatic nitrogens is 2. The number of benzene rings is 2. The molecule has 0 saturated carbocycles. The standard InChI is InChI=1S/C25H32N3O4P/c1-3-4-9-22(21-10-6-5-7-11-21)17-24-27-28-25(32-24)23-13-12-20(16-19(23)2)18-26-14-8-15-33(29,30)31/h5-7,10-13,16-17,26H,3-4,8-9,14-15,18H2,1-2H3,(H2,29,30,31)/b22-17-. The van der Waals surface area contributed by atoms with Crippen molar-refractivity contribution in [3.8, 4) is 11.5 Å². The van der Waals surface area contributed by atoms with E-state index in [1.807, 2.05) is 43.3 Å². The van der Waals surface area contributed by atoms with Crippen LogP contribution in [0.1, 0.15) is 55.2 Å². The van der Waals surface area contributed by atoms with Gasteiger partial charge in [0.1, 0.15) is 0 Å². The summed E-state index contributed by atoms with van der Waals surface area (Å²) in [6.45, 7) is 5.35. The zero-order chi connectivity index (χ0) is 23.7. The van der Waals surface area contributed by atoms with E-state index in [1.54, 1.807) is 0 Å². The Morgan fingerprint density at radius 2 is 1.91 bits per heavy atom. The Kier molecular flexibility index (Phi) is 9.15. The summed E-state index contributed by atoms with van der Waals surface area (Å²) in [5, 5.41) is 11.7. The second-order valence-electron chi connectivity index (χ2n) is 8.15. The zero-order valence-corrected chi connectivity index (χ0v) is 20.1. The average molecular weight is 470 g/mol. The summed E-state index contributed by atoms with van der Waals surface area (Å²) in [4.78, 5) is 17.8. The van der Waals surface area contributed by atoms with Crippen molar-refractivity contribution in [2.75, 3.05) is 12.7 Å². The summed E-state index contributed by atoms with van der Waals surface area (Å²) >= 11 is 0. The summed E-state index contributed by atoms with van der Waals surface area (Å²) in [7, 11) is -3.92. The smallest absolute Gasteiger partial charge is 0.325 e. The third kappa shape index (κ3) is 8.06. The molecule has 0 amide bonds. The van der Waals surface area contributed by atoms with Gasteiger partial charge in [-0.25, -0.2) is 0 Å². The van der Waals surface area contributed by atoms with Gasteiger partial charge in [-0.15, -0.1) is 10.2 Å². The molecule has 3 rings (SSSR count). The molecule has 0 radical (unpaired) electrons. The van der Waals surface area contributed by atoms with Crippen molar-refractivity contribution in [2.24, 2.45) is 0 Å². The van der Waals surface area contributed by atoms with E-state index in [0.717, 1.165) is 36.0 Å². The third-order valence-corrected chi connectivity index (χ3v) is 6.23. The predicted octanol–water partition coefficient (Wildman–Crippen LogP) is 5.43. The van der Waals surface area contributed by atoms with Crippen molar-refractivity contribution < 1.29 is 18.8 Å². The molecule has 0 aliphatic heterocycles. The molecule has 3 N–H and O–H groups in total. The molecule has 3 aromatic rings. The van der Waals surface area contributed by atoms with E-state index in [1.165, 1.54) is 11.1 Å². The lowest BCUT2D eigenvalue weighted by molar-refractivity contribution is 0.371. The fourth-order valence-corrected chi connectivity index (χ4v) is 4.16. The van der Waals surface area contributed by atoms with Gasteiger partial charge in [0.15, 0.2) is 0 Å². The molecule has 7 nitrogen and oxygen atoms in total. The van der Waals surface area contributed by atoms with Gasteiger partial charge in [-0.3, -0.25) is 4.57 Å². The predicted molar refractivity (Wildman–Crippen MR) is 132 cm³/mol. The molecule has 0 bridgehead atoms. The number of nitrogens with zero attached hydrogens (tertiary/aromatic N) is 2. The van der Waals surface area contributed by atoms with Gasteiger partial charge in [0.05, 0.1) is 6.16 Å². The highest BCUT2D eigenvalue weighted by Crippen LogP contribution is 2.34. The Morgan fingerprint density at radius 3 is 2.61 bits per heavy atom. The van der Waals surface area contributed by atoms with Gasteiger partial charge in [-0.05, 0) is 61.1 Å². The maximum Gasteiger partial charge on any atom is 0.325 e. The SMILES string of the molecule is CCCC/C(=C/c1nnc(-c2ccc(CNCCCP(=O)(O)O)cc2C)o1)c1ccccc1. The van der Waals surface area contributed by atoms with E-state index in [-0.39, 0.29) is 6.16 Å². The second-order valence-corrected chi connectivity index (χ2v) is 9.93. The average Bonchev–Trinajstić information content (AvgIpc) is 3.24. The van der Waals surface area contributed by atoms with E-state index in [4.69, 9.17) is 14.2 Å². The van der Waals surface area contributed by atoms with Gasteiger partial charge >= 0.3 is 7.60 Å².